The fourth-order valence-corrected chi connectivity index (χ4v) is 4.70. The first-order valence-corrected chi connectivity index (χ1v) is 13.8. The van der Waals surface area contributed by atoms with Crippen molar-refractivity contribution in [1.82, 2.24) is 15.2 Å². The molecule has 8 heteroatoms. The number of nitrogens with zero attached hydrogens (tertiary/aromatic N) is 2. The number of piperidine rings is 1. The molecular formula is C31H39N5O3. The summed E-state index contributed by atoms with van der Waals surface area (Å²) in [5, 5.41) is 6.01. The van der Waals surface area contributed by atoms with Gasteiger partial charge in [0.05, 0.1) is 0 Å². The van der Waals surface area contributed by atoms with Crippen molar-refractivity contribution in [1.29, 1.82) is 0 Å². The number of pyridine rings is 1. The molecule has 2 heterocycles. The maximum atomic E-state index is 12.8. The van der Waals surface area contributed by atoms with Crippen molar-refractivity contribution in [2.24, 2.45) is 5.92 Å². The van der Waals surface area contributed by atoms with Gasteiger partial charge in [-0.1, -0.05) is 26.0 Å². The Morgan fingerprint density at radius 3 is 2.56 bits per heavy atom. The predicted molar refractivity (Wildman–Crippen MR) is 155 cm³/mol. The number of nitrogens with one attached hydrogen (secondary N) is 2. The molecule has 0 bridgehead atoms. The minimum atomic E-state index is -0.193. The van der Waals surface area contributed by atoms with Crippen LogP contribution in [0.4, 0.5) is 11.4 Å². The van der Waals surface area contributed by atoms with Gasteiger partial charge >= 0.3 is 0 Å². The lowest BCUT2D eigenvalue weighted by Gasteiger charge is -2.32. The molecule has 206 valence electrons. The van der Waals surface area contributed by atoms with Crippen LogP contribution in [0.3, 0.4) is 0 Å². The average Bonchev–Trinajstić information content (AvgIpc) is 2.94. The molecule has 1 aliphatic heterocycles. The van der Waals surface area contributed by atoms with Crippen LogP contribution in [-0.4, -0.2) is 47.9 Å². The van der Waals surface area contributed by atoms with E-state index in [1.807, 2.05) is 26.0 Å². The molecule has 0 aliphatic carbocycles. The second-order valence-corrected chi connectivity index (χ2v) is 10.4. The Balaban J connectivity index is 1.16. The maximum absolute atomic E-state index is 12.8. The van der Waals surface area contributed by atoms with Crippen LogP contribution < -0.4 is 21.1 Å². The summed E-state index contributed by atoms with van der Waals surface area (Å²) < 4.78 is 5.81. The molecule has 8 nitrogen and oxygen atoms in total. The summed E-state index contributed by atoms with van der Waals surface area (Å²) in [6.07, 6.45) is 5.74. The topological polar surface area (TPSA) is 110 Å². The van der Waals surface area contributed by atoms with Crippen molar-refractivity contribution < 1.29 is 14.3 Å². The van der Waals surface area contributed by atoms with E-state index in [2.05, 4.69) is 32.7 Å². The number of anilines is 2. The highest BCUT2D eigenvalue weighted by Gasteiger charge is 2.21. The number of carbonyl (C=O) groups is 2. The maximum Gasteiger partial charge on any atom is 0.256 e. The number of carbonyl (C=O) groups excluding carboxylic acids is 2. The fourth-order valence-electron chi connectivity index (χ4n) is 4.70. The SMILES string of the molecule is CC(C)C(=O)Nc1cccc(C2CCN(CCCCNC(=O)c3cccnc3Oc3ccc(N)cc3)CC2)c1. The number of ether oxygens (including phenoxy) is 1. The molecule has 4 rings (SSSR count). The van der Waals surface area contributed by atoms with E-state index in [0.717, 1.165) is 51.0 Å². The summed E-state index contributed by atoms with van der Waals surface area (Å²) in [4.78, 5) is 31.6. The summed E-state index contributed by atoms with van der Waals surface area (Å²) >= 11 is 0. The number of benzene rings is 2. The highest BCUT2D eigenvalue weighted by atomic mass is 16.5. The lowest BCUT2D eigenvalue weighted by atomic mass is 9.89. The van der Waals surface area contributed by atoms with Crippen LogP contribution in [0.25, 0.3) is 0 Å². The molecule has 4 N–H and O–H groups in total. The van der Waals surface area contributed by atoms with Crippen molar-refractivity contribution in [2.75, 3.05) is 37.2 Å². The van der Waals surface area contributed by atoms with Crippen LogP contribution >= 0.6 is 0 Å². The molecule has 2 aromatic carbocycles. The van der Waals surface area contributed by atoms with Crippen molar-refractivity contribution in [3.8, 4) is 11.6 Å². The summed E-state index contributed by atoms with van der Waals surface area (Å²) in [7, 11) is 0. The van der Waals surface area contributed by atoms with Gasteiger partial charge in [-0.3, -0.25) is 9.59 Å². The van der Waals surface area contributed by atoms with Crippen LogP contribution in [0.2, 0.25) is 0 Å². The number of nitrogen functional groups attached to an aromatic ring is 1. The molecule has 0 spiro atoms. The van der Waals surface area contributed by atoms with E-state index < -0.39 is 0 Å². The minimum Gasteiger partial charge on any atom is -0.438 e. The van der Waals surface area contributed by atoms with Gasteiger partial charge in [0.15, 0.2) is 0 Å². The van der Waals surface area contributed by atoms with Crippen molar-refractivity contribution in [2.45, 2.75) is 45.4 Å². The van der Waals surface area contributed by atoms with Gasteiger partial charge < -0.3 is 26.0 Å². The lowest BCUT2D eigenvalue weighted by Crippen LogP contribution is -2.34. The van der Waals surface area contributed by atoms with E-state index in [-0.39, 0.29) is 23.6 Å². The van der Waals surface area contributed by atoms with Crippen LogP contribution in [0.15, 0.2) is 66.9 Å². The Kier molecular flexibility index (Phi) is 9.91. The molecule has 0 atom stereocenters. The first-order chi connectivity index (χ1) is 18.9. The Bertz CT molecular complexity index is 1240. The molecule has 3 aromatic rings. The third kappa shape index (κ3) is 8.29. The zero-order valence-electron chi connectivity index (χ0n) is 22.9. The summed E-state index contributed by atoms with van der Waals surface area (Å²) in [6, 6.07) is 18.7. The highest BCUT2D eigenvalue weighted by Crippen LogP contribution is 2.30. The number of rotatable bonds is 11. The number of unbranched alkanes of at least 4 members (excludes halogenated alkanes) is 1. The van der Waals surface area contributed by atoms with Gasteiger partial charge in [-0.05, 0) is 105 Å². The molecule has 1 aliphatic rings. The standard InChI is InChI=1S/C31H39N5O3/c1-22(2)29(37)35-26-8-5-7-24(21-26)23-14-19-36(20-15-23)18-4-3-16-33-30(38)28-9-6-17-34-31(28)39-27-12-10-25(32)11-13-27/h5-13,17,21-23H,3-4,14-16,18-20,32H2,1-2H3,(H,33,38)(H,35,37). The van der Waals surface area contributed by atoms with Crippen LogP contribution in [0.5, 0.6) is 11.6 Å². The molecule has 0 saturated carbocycles. The first kappa shape index (κ1) is 28.1. The lowest BCUT2D eigenvalue weighted by molar-refractivity contribution is -0.118. The second-order valence-electron chi connectivity index (χ2n) is 10.4. The second kappa shape index (κ2) is 13.8. The van der Waals surface area contributed by atoms with E-state index in [0.29, 0.717) is 29.5 Å². The van der Waals surface area contributed by atoms with Crippen molar-refractivity contribution in [3.63, 3.8) is 0 Å². The van der Waals surface area contributed by atoms with Crippen molar-refractivity contribution in [3.05, 3.63) is 78.0 Å². The number of hydrogen-bond donors (Lipinski definition) is 3. The van der Waals surface area contributed by atoms with Gasteiger partial charge in [0, 0.05) is 30.0 Å². The number of aromatic nitrogens is 1. The van der Waals surface area contributed by atoms with E-state index in [1.165, 1.54) is 5.56 Å². The Labute approximate surface area is 231 Å². The predicted octanol–water partition coefficient (Wildman–Crippen LogP) is 5.44. The van der Waals surface area contributed by atoms with E-state index >= 15 is 0 Å². The zero-order chi connectivity index (χ0) is 27.6. The van der Waals surface area contributed by atoms with Crippen LogP contribution in [0.1, 0.15) is 61.4 Å². The highest BCUT2D eigenvalue weighted by molar-refractivity contribution is 5.96. The number of amides is 2. The van der Waals surface area contributed by atoms with E-state index in [9.17, 15) is 9.59 Å². The van der Waals surface area contributed by atoms with Gasteiger partial charge in [-0.2, -0.15) is 0 Å². The molecular weight excluding hydrogens is 490 g/mol. The number of nitrogens with two attached hydrogens (primary N) is 1. The van der Waals surface area contributed by atoms with E-state index in [1.54, 1.807) is 42.6 Å². The number of likely N-dealkylation sites (tertiary alicyclic amines) is 1. The van der Waals surface area contributed by atoms with Gasteiger partial charge in [0.2, 0.25) is 11.8 Å². The molecule has 1 fully saturated rings. The third-order valence-electron chi connectivity index (χ3n) is 7.03. The first-order valence-electron chi connectivity index (χ1n) is 13.8. The van der Waals surface area contributed by atoms with Gasteiger partial charge in [0.1, 0.15) is 11.3 Å². The quantitative estimate of drug-likeness (QED) is 0.225. The van der Waals surface area contributed by atoms with Crippen LogP contribution in [-0.2, 0) is 4.79 Å². The largest absolute Gasteiger partial charge is 0.438 e. The van der Waals surface area contributed by atoms with Crippen molar-refractivity contribution >= 4 is 23.2 Å². The monoisotopic (exact) mass is 529 g/mol. The average molecular weight is 530 g/mol. The Hall–Kier alpha value is -3.91. The van der Waals surface area contributed by atoms with E-state index in [4.69, 9.17) is 10.5 Å². The normalized spacial score (nSPS) is 14.2. The summed E-state index contributed by atoms with van der Waals surface area (Å²) in [5.41, 5.74) is 8.96. The van der Waals surface area contributed by atoms with Gasteiger partial charge in [0.25, 0.3) is 5.91 Å². The summed E-state index contributed by atoms with van der Waals surface area (Å²) in [6.45, 7) is 7.53. The number of hydrogen-bond acceptors (Lipinski definition) is 6. The minimum absolute atomic E-state index is 0.0348. The summed E-state index contributed by atoms with van der Waals surface area (Å²) in [5.74, 6) is 1.18. The fraction of sp³-hybridized carbons (Fsp3) is 0.387. The van der Waals surface area contributed by atoms with Crippen LogP contribution in [0, 0.1) is 5.92 Å². The molecule has 1 saturated heterocycles. The molecule has 1 aromatic heterocycles. The molecule has 0 radical (unpaired) electrons. The Morgan fingerprint density at radius 2 is 1.82 bits per heavy atom. The van der Waals surface area contributed by atoms with Gasteiger partial charge in [-0.25, -0.2) is 4.98 Å². The Morgan fingerprint density at radius 1 is 1.05 bits per heavy atom. The van der Waals surface area contributed by atoms with Gasteiger partial charge in [-0.15, -0.1) is 0 Å². The molecule has 2 amide bonds. The molecule has 0 unspecified atom stereocenters. The zero-order valence-corrected chi connectivity index (χ0v) is 22.9. The molecule has 39 heavy (non-hydrogen) atoms. The third-order valence-corrected chi connectivity index (χ3v) is 7.03. The smallest absolute Gasteiger partial charge is 0.256 e.